The molecule has 0 radical (unpaired) electrons. The molecule has 21 heavy (non-hydrogen) atoms. The van der Waals surface area contributed by atoms with Crippen molar-refractivity contribution in [3.05, 3.63) is 23.8 Å². The maximum atomic E-state index is 11.4. The number of hydrogen-bond acceptors (Lipinski definition) is 6. The van der Waals surface area contributed by atoms with E-state index in [0.29, 0.717) is 31.0 Å². The molecule has 2 unspecified atom stereocenters. The van der Waals surface area contributed by atoms with Crippen molar-refractivity contribution in [2.75, 3.05) is 31.4 Å². The van der Waals surface area contributed by atoms with Crippen LogP contribution in [0.5, 0.6) is 11.5 Å². The largest absolute Gasteiger partial charge is 0.454 e. The van der Waals surface area contributed by atoms with Gasteiger partial charge in [-0.1, -0.05) is 6.07 Å². The zero-order valence-corrected chi connectivity index (χ0v) is 12.4. The Morgan fingerprint density at radius 2 is 2.14 bits per heavy atom. The van der Waals surface area contributed by atoms with Crippen molar-refractivity contribution >= 4 is 9.84 Å². The minimum Gasteiger partial charge on any atom is -0.454 e. The molecule has 2 heterocycles. The molecule has 1 saturated heterocycles. The third kappa shape index (κ3) is 3.48. The van der Waals surface area contributed by atoms with Crippen molar-refractivity contribution in [1.82, 2.24) is 5.32 Å². The predicted molar refractivity (Wildman–Crippen MR) is 77.2 cm³/mol. The highest BCUT2D eigenvalue weighted by atomic mass is 32.2. The Labute approximate surface area is 124 Å². The Morgan fingerprint density at radius 1 is 1.33 bits per heavy atom. The van der Waals surface area contributed by atoms with Gasteiger partial charge in [0, 0.05) is 6.54 Å². The number of aliphatic hydroxyl groups is 1. The molecule has 1 aromatic rings. The second kappa shape index (κ2) is 5.82. The smallest absolute Gasteiger partial charge is 0.231 e. The zero-order valence-electron chi connectivity index (χ0n) is 11.6. The van der Waals surface area contributed by atoms with Gasteiger partial charge in [0.25, 0.3) is 0 Å². The van der Waals surface area contributed by atoms with E-state index >= 15 is 0 Å². The van der Waals surface area contributed by atoms with Crippen LogP contribution in [-0.4, -0.2) is 44.9 Å². The van der Waals surface area contributed by atoms with Crippen molar-refractivity contribution in [3.8, 4) is 11.5 Å². The van der Waals surface area contributed by atoms with E-state index in [1.807, 2.05) is 0 Å². The maximum Gasteiger partial charge on any atom is 0.231 e. The van der Waals surface area contributed by atoms with Gasteiger partial charge in [-0.25, -0.2) is 8.42 Å². The Bertz CT molecular complexity index is 616. The summed E-state index contributed by atoms with van der Waals surface area (Å²) in [6.45, 7) is 1.21. The summed E-state index contributed by atoms with van der Waals surface area (Å²) < 4.78 is 33.2. The molecule has 7 heteroatoms. The Kier molecular flexibility index (Phi) is 4.05. The molecule has 0 bridgehead atoms. The Balaban J connectivity index is 1.49. The van der Waals surface area contributed by atoms with E-state index in [1.54, 1.807) is 18.2 Å². The first-order valence-electron chi connectivity index (χ1n) is 7.02. The minimum atomic E-state index is -2.84. The number of fused-ring (bicyclic) bond motifs is 1. The lowest BCUT2D eigenvalue weighted by atomic mass is 10.1. The highest BCUT2D eigenvalue weighted by molar-refractivity contribution is 7.91. The van der Waals surface area contributed by atoms with Crippen LogP contribution in [0.2, 0.25) is 0 Å². The number of nitrogens with one attached hydrogen (secondary N) is 1. The van der Waals surface area contributed by atoms with Crippen LogP contribution >= 0.6 is 0 Å². The second-order valence-electron chi connectivity index (χ2n) is 5.56. The van der Waals surface area contributed by atoms with Crippen LogP contribution in [0, 0.1) is 5.92 Å². The molecule has 2 aliphatic heterocycles. The van der Waals surface area contributed by atoms with Gasteiger partial charge in [-0.3, -0.25) is 0 Å². The van der Waals surface area contributed by atoms with Gasteiger partial charge in [-0.15, -0.1) is 0 Å². The molecule has 0 aliphatic carbocycles. The molecule has 6 nitrogen and oxygen atoms in total. The number of rotatable bonds is 5. The summed E-state index contributed by atoms with van der Waals surface area (Å²) in [5, 5.41) is 13.3. The minimum absolute atomic E-state index is 0.152. The first-order valence-corrected chi connectivity index (χ1v) is 8.84. The zero-order chi connectivity index (χ0) is 14.9. The van der Waals surface area contributed by atoms with Gasteiger partial charge < -0.3 is 19.9 Å². The highest BCUT2D eigenvalue weighted by Gasteiger charge is 2.27. The van der Waals surface area contributed by atoms with Gasteiger partial charge in [0.2, 0.25) is 6.79 Å². The number of aliphatic hydroxyl groups excluding tert-OH is 1. The van der Waals surface area contributed by atoms with E-state index < -0.39 is 15.9 Å². The van der Waals surface area contributed by atoms with Gasteiger partial charge in [-0.05, 0) is 36.6 Å². The van der Waals surface area contributed by atoms with Crippen LogP contribution < -0.4 is 14.8 Å². The third-order valence-corrected chi connectivity index (χ3v) is 5.72. The molecular formula is C14H19NO5S. The lowest BCUT2D eigenvalue weighted by Gasteiger charge is -2.14. The maximum absolute atomic E-state index is 11.4. The summed E-state index contributed by atoms with van der Waals surface area (Å²) in [5.41, 5.74) is 0.755. The van der Waals surface area contributed by atoms with Crippen LogP contribution in [0.3, 0.4) is 0 Å². The second-order valence-corrected chi connectivity index (χ2v) is 7.78. The molecule has 1 aromatic carbocycles. The molecule has 3 rings (SSSR count). The molecule has 0 aromatic heterocycles. The van der Waals surface area contributed by atoms with E-state index in [0.717, 1.165) is 5.56 Å². The van der Waals surface area contributed by atoms with Crippen LogP contribution in [0.15, 0.2) is 18.2 Å². The van der Waals surface area contributed by atoms with Crippen molar-refractivity contribution in [2.24, 2.45) is 5.92 Å². The van der Waals surface area contributed by atoms with Gasteiger partial charge in [0.05, 0.1) is 17.6 Å². The van der Waals surface area contributed by atoms with Crippen LogP contribution in [0.4, 0.5) is 0 Å². The molecule has 0 amide bonds. The highest BCUT2D eigenvalue weighted by Crippen LogP contribution is 2.34. The molecule has 1 fully saturated rings. The van der Waals surface area contributed by atoms with Crippen molar-refractivity contribution in [2.45, 2.75) is 12.5 Å². The fourth-order valence-electron chi connectivity index (χ4n) is 2.70. The van der Waals surface area contributed by atoms with Crippen molar-refractivity contribution < 1.29 is 23.0 Å². The van der Waals surface area contributed by atoms with E-state index in [1.165, 1.54) is 0 Å². The fraction of sp³-hybridized carbons (Fsp3) is 0.571. The van der Waals surface area contributed by atoms with Crippen LogP contribution in [-0.2, 0) is 9.84 Å². The quantitative estimate of drug-likeness (QED) is 0.822. The molecule has 2 atom stereocenters. The van der Waals surface area contributed by atoms with E-state index in [9.17, 15) is 13.5 Å². The van der Waals surface area contributed by atoms with E-state index in [-0.39, 0.29) is 24.2 Å². The lowest BCUT2D eigenvalue weighted by molar-refractivity contribution is 0.169. The number of ether oxygens (including phenoxy) is 2. The monoisotopic (exact) mass is 313 g/mol. The van der Waals surface area contributed by atoms with Gasteiger partial charge in [0.1, 0.15) is 0 Å². The molecular weight excluding hydrogens is 294 g/mol. The average Bonchev–Trinajstić information content (AvgIpc) is 3.04. The summed E-state index contributed by atoms with van der Waals surface area (Å²) in [6.07, 6.45) is 0.0487. The average molecular weight is 313 g/mol. The number of sulfone groups is 1. The molecule has 0 spiro atoms. The summed E-state index contributed by atoms with van der Waals surface area (Å²) in [6, 6.07) is 5.36. The Hall–Kier alpha value is -1.31. The molecule has 2 aliphatic rings. The lowest BCUT2D eigenvalue weighted by Crippen LogP contribution is -2.28. The normalized spacial score (nSPS) is 24.1. The van der Waals surface area contributed by atoms with Crippen LogP contribution in [0.1, 0.15) is 18.1 Å². The SMILES string of the molecule is O=S1(=O)CCC(CNCC(O)c2ccc3c(c2)OCO3)C1. The summed E-state index contributed by atoms with van der Waals surface area (Å²) in [5.74, 6) is 2.02. The molecule has 116 valence electrons. The number of hydrogen-bond donors (Lipinski definition) is 2. The van der Waals surface area contributed by atoms with E-state index in [4.69, 9.17) is 9.47 Å². The topological polar surface area (TPSA) is 84.9 Å². The predicted octanol–water partition coefficient (Wildman–Crippen LogP) is 0.473. The summed E-state index contributed by atoms with van der Waals surface area (Å²) >= 11 is 0. The van der Waals surface area contributed by atoms with Crippen LogP contribution in [0.25, 0.3) is 0 Å². The van der Waals surface area contributed by atoms with Gasteiger partial charge in [-0.2, -0.15) is 0 Å². The summed E-state index contributed by atoms with van der Waals surface area (Å²) in [7, 11) is -2.84. The van der Waals surface area contributed by atoms with Gasteiger partial charge in [0.15, 0.2) is 21.3 Å². The summed E-state index contributed by atoms with van der Waals surface area (Å²) in [4.78, 5) is 0. The molecule has 2 N–H and O–H groups in total. The number of benzene rings is 1. The first-order chi connectivity index (χ1) is 10.0. The van der Waals surface area contributed by atoms with Crippen molar-refractivity contribution in [1.29, 1.82) is 0 Å². The van der Waals surface area contributed by atoms with E-state index in [2.05, 4.69) is 5.32 Å². The van der Waals surface area contributed by atoms with Gasteiger partial charge >= 0.3 is 0 Å². The van der Waals surface area contributed by atoms with Crippen molar-refractivity contribution in [3.63, 3.8) is 0 Å². The Morgan fingerprint density at radius 3 is 2.90 bits per heavy atom. The first kappa shape index (κ1) is 14.6. The molecule has 0 saturated carbocycles. The third-order valence-electron chi connectivity index (χ3n) is 3.88. The fourth-order valence-corrected chi connectivity index (χ4v) is 4.56. The standard InChI is InChI=1S/C14H19NO5S/c16-12(7-15-6-10-3-4-21(17,18)8-10)11-1-2-13-14(5-11)20-9-19-13/h1-2,5,10,12,15-16H,3-4,6-9H2.